The summed E-state index contributed by atoms with van der Waals surface area (Å²) >= 11 is 5.47. The molecule has 156 valence electrons. The molecule has 0 aliphatic heterocycles. The number of halogens is 1. The molecule has 0 bridgehead atoms. The number of thiophene rings is 1. The maximum Gasteiger partial charge on any atom is 0.0647 e. The number of anilines is 3. The average Bonchev–Trinajstić information content (AvgIpc) is 3.32. The third kappa shape index (κ3) is 2.96. The van der Waals surface area contributed by atoms with Crippen LogP contribution >= 0.6 is 27.3 Å². The normalized spacial score (nSPS) is 13.7. The van der Waals surface area contributed by atoms with Gasteiger partial charge in [0.05, 0.1) is 5.69 Å². The van der Waals surface area contributed by atoms with E-state index in [4.69, 9.17) is 0 Å². The molecule has 1 nitrogen and oxygen atoms in total. The largest absolute Gasteiger partial charge is 0.309 e. The van der Waals surface area contributed by atoms with Crippen LogP contribution in [0.25, 0.3) is 21.2 Å². The SMILES string of the molecule is CC1(C)c2cc(Br)ccc2-c2ccc(N(c3ccccc3)c3csc4ccccc34)cc21. The van der Waals surface area contributed by atoms with Gasteiger partial charge < -0.3 is 4.90 Å². The molecule has 0 saturated heterocycles. The van der Waals surface area contributed by atoms with Crippen LogP contribution < -0.4 is 4.90 Å². The van der Waals surface area contributed by atoms with E-state index in [0.717, 1.165) is 4.47 Å². The van der Waals surface area contributed by atoms with Crippen molar-refractivity contribution in [3.8, 4) is 11.1 Å². The van der Waals surface area contributed by atoms with Crippen LogP contribution in [-0.4, -0.2) is 0 Å². The van der Waals surface area contributed by atoms with Gasteiger partial charge in [0.2, 0.25) is 0 Å². The van der Waals surface area contributed by atoms with Crippen LogP contribution in [-0.2, 0) is 5.41 Å². The maximum absolute atomic E-state index is 3.67. The molecule has 0 spiro atoms. The Morgan fingerprint density at radius 2 is 1.41 bits per heavy atom. The van der Waals surface area contributed by atoms with E-state index in [1.54, 1.807) is 11.3 Å². The van der Waals surface area contributed by atoms with Gasteiger partial charge in [-0.1, -0.05) is 78.3 Å². The molecule has 0 atom stereocenters. The van der Waals surface area contributed by atoms with Gasteiger partial charge in [-0.3, -0.25) is 0 Å². The van der Waals surface area contributed by atoms with Gasteiger partial charge in [-0.15, -0.1) is 11.3 Å². The van der Waals surface area contributed by atoms with E-state index in [9.17, 15) is 0 Å². The number of hydrogen-bond donors (Lipinski definition) is 0. The van der Waals surface area contributed by atoms with E-state index < -0.39 is 0 Å². The summed E-state index contributed by atoms with van der Waals surface area (Å²) in [6.45, 7) is 4.67. The fourth-order valence-corrected chi connectivity index (χ4v) is 6.27. The molecule has 1 aromatic heterocycles. The van der Waals surface area contributed by atoms with Gasteiger partial charge in [-0.05, 0) is 64.7 Å². The van der Waals surface area contributed by atoms with E-state index in [0.29, 0.717) is 0 Å². The third-order valence-corrected chi connectivity index (χ3v) is 8.04. The van der Waals surface area contributed by atoms with Crippen LogP contribution in [0.3, 0.4) is 0 Å². The predicted octanol–water partition coefficient (Wildman–Crippen LogP) is 9.44. The van der Waals surface area contributed by atoms with Crippen molar-refractivity contribution < 1.29 is 0 Å². The molecular formula is C29H22BrNS. The summed E-state index contributed by atoms with van der Waals surface area (Å²) in [7, 11) is 0. The Labute approximate surface area is 201 Å². The highest BCUT2D eigenvalue weighted by Crippen LogP contribution is 2.51. The lowest BCUT2D eigenvalue weighted by molar-refractivity contribution is 0.660. The molecule has 1 aliphatic rings. The molecule has 0 radical (unpaired) electrons. The summed E-state index contributed by atoms with van der Waals surface area (Å²) in [6.07, 6.45) is 0. The molecule has 0 N–H and O–H groups in total. The van der Waals surface area contributed by atoms with Gasteiger partial charge in [-0.2, -0.15) is 0 Å². The van der Waals surface area contributed by atoms with Crippen molar-refractivity contribution >= 4 is 54.4 Å². The second-order valence-electron chi connectivity index (χ2n) is 8.83. The number of hydrogen-bond acceptors (Lipinski definition) is 2. The molecular weight excluding hydrogens is 474 g/mol. The zero-order valence-corrected chi connectivity index (χ0v) is 20.4. The number of rotatable bonds is 3. The van der Waals surface area contributed by atoms with Crippen LogP contribution in [0, 0.1) is 0 Å². The Kier molecular flexibility index (Phi) is 4.53. The summed E-state index contributed by atoms with van der Waals surface area (Å²) < 4.78 is 2.44. The number of fused-ring (bicyclic) bond motifs is 4. The lowest BCUT2D eigenvalue weighted by Crippen LogP contribution is -2.16. The molecule has 0 saturated carbocycles. The standard InChI is InChI=1S/C29H22BrNS/c1-29(2)25-16-19(30)12-14-22(25)23-15-13-21(17-26(23)29)31(20-8-4-3-5-9-20)27-18-32-28-11-7-6-10-24(27)28/h3-18H,1-2H3. The highest BCUT2D eigenvalue weighted by atomic mass is 79.9. The van der Waals surface area contributed by atoms with Crippen molar-refractivity contribution in [1.29, 1.82) is 0 Å². The average molecular weight is 496 g/mol. The van der Waals surface area contributed by atoms with Gasteiger partial charge >= 0.3 is 0 Å². The second-order valence-corrected chi connectivity index (χ2v) is 10.7. The van der Waals surface area contributed by atoms with E-state index in [1.807, 2.05) is 0 Å². The van der Waals surface area contributed by atoms with E-state index in [-0.39, 0.29) is 5.41 Å². The van der Waals surface area contributed by atoms with Crippen LogP contribution in [0.4, 0.5) is 17.1 Å². The van der Waals surface area contributed by atoms with E-state index in [2.05, 4.69) is 131 Å². The first kappa shape index (κ1) is 19.8. The van der Waals surface area contributed by atoms with Crippen LogP contribution in [0.15, 0.2) is 101 Å². The van der Waals surface area contributed by atoms with Crippen molar-refractivity contribution in [2.24, 2.45) is 0 Å². The van der Waals surface area contributed by atoms with Gasteiger partial charge in [0.1, 0.15) is 0 Å². The van der Waals surface area contributed by atoms with Crippen molar-refractivity contribution in [3.05, 3.63) is 112 Å². The number of benzene rings is 4. The Morgan fingerprint density at radius 3 is 2.22 bits per heavy atom. The van der Waals surface area contributed by atoms with Gasteiger partial charge in [-0.25, -0.2) is 0 Å². The third-order valence-electron chi connectivity index (χ3n) is 6.60. The van der Waals surface area contributed by atoms with Crippen molar-refractivity contribution in [2.75, 3.05) is 4.90 Å². The molecule has 0 fully saturated rings. The summed E-state index contributed by atoms with van der Waals surface area (Å²) in [6, 6.07) is 33.0. The molecule has 32 heavy (non-hydrogen) atoms. The molecule has 0 amide bonds. The molecule has 1 aliphatic carbocycles. The molecule has 5 aromatic rings. The number of nitrogens with zero attached hydrogens (tertiary/aromatic N) is 1. The first-order valence-electron chi connectivity index (χ1n) is 10.8. The van der Waals surface area contributed by atoms with Crippen LogP contribution in [0.2, 0.25) is 0 Å². The highest BCUT2D eigenvalue weighted by molar-refractivity contribution is 9.10. The molecule has 6 rings (SSSR count). The Balaban J connectivity index is 1.57. The van der Waals surface area contributed by atoms with Gasteiger partial charge in [0.15, 0.2) is 0 Å². The molecule has 1 heterocycles. The first-order chi connectivity index (χ1) is 15.5. The summed E-state index contributed by atoms with van der Waals surface area (Å²) in [5.41, 5.74) is 8.98. The zero-order valence-electron chi connectivity index (χ0n) is 18.0. The smallest absolute Gasteiger partial charge is 0.0647 e. The van der Waals surface area contributed by atoms with Gasteiger partial charge in [0.25, 0.3) is 0 Å². The molecule has 0 unspecified atom stereocenters. The number of para-hydroxylation sites is 1. The lowest BCUT2D eigenvalue weighted by atomic mass is 9.82. The summed E-state index contributed by atoms with van der Waals surface area (Å²) in [5.74, 6) is 0. The van der Waals surface area contributed by atoms with Crippen molar-refractivity contribution in [3.63, 3.8) is 0 Å². The topological polar surface area (TPSA) is 3.24 Å². The summed E-state index contributed by atoms with van der Waals surface area (Å²) in [5, 5.41) is 3.57. The lowest BCUT2D eigenvalue weighted by Gasteiger charge is -2.27. The minimum absolute atomic E-state index is 0.0521. The van der Waals surface area contributed by atoms with Gasteiger partial charge in [0, 0.05) is 36.7 Å². The van der Waals surface area contributed by atoms with E-state index >= 15 is 0 Å². The first-order valence-corrected chi connectivity index (χ1v) is 12.5. The minimum atomic E-state index is -0.0521. The molecule has 3 heteroatoms. The monoisotopic (exact) mass is 495 g/mol. The van der Waals surface area contributed by atoms with Crippen molar-refractivity contribution in [2.45, 2.75) is 19.3 Å². The molecule has 4 aromatic carbocycles. The Hall–Kier alpha value is -2.88. The van der Waals surface area contributed by atoms with Crippen LogP contribution in [0.5, 0.6) is 0 Å². The quantitative estimate of drug-likeness (QED) is 0.240. The maximum atomic E-state index is 3.67. The fourth-order valence-electron chi connectivity index (χ4n) is 4.98. The fraction of sp³-hybridized carbons (Fsp3) is 0.103. The summed E-state index contributed by atoms with van der Waals surface area (Å²) in [4.78, 5) is 2.40. The Morgan fingerprint density at radius 1 is 0.719 bits per heavy atom. The minimum Gasteiger partial charge on any atom is -0.309 e. The predicted molar refractivity (Wildman–Crippen MR) is 142 cm³/mol. The van der Waals surface area contributed by atoms with Crippen LogP contribution in [0.1, 0.15) is 25.0 Å². The second kappa shape index (κ2) is 7.33. The Bertz CT molecular complexity index is 1470. The zero-order chi connectivity index (χ0) is 21.9. The van der Waals surface area contributed by atoms with E-state index in [1.165, 1.54) is 49.4 Å². The highest BCUT2D eigenvalue weighted by Gasteiger charge is 2.36. The van der Waals surface area contributed by atoms with Crippen molar-refractivity contribution in [1.82, 2.24) is 0 Å².